The van der Waals surface area contributed by atoms with Crippen LogP contribution < -0.4 is 4.74 Å². The molecule has 122 valence electrons. The van der Waals surface area contributed by atoms with Crippen LogP contribution >= 0.6 is 0 Å². The van der Waals surface area contributed by atoms with Gasteiger partial charge in [0, 0.05) is 0 Å². The van der Waals surface area contributed by atoms with E-state index in [0.717, 1.165) is 18.6 Å². The molecule has 1 unspecified atom stereocenters. The van der Waals surface area contributed by atoms with Gasteiger partial charge < -0.3 is 4.74 Å². The molecule has 3 aromatic rings. The highest BCUT2D eigenvalue weighted by Crippen LogP contribution is 2.25. The first-order valence-electron chi connectivity index (χ1n) is 8.54. The Bertz CT molecular complexity index is 742. The number of hydrogen-bond acceptors (Lipinski definition) is 1. The summed E-state index contributed by atoms with van der Waals surface area (Å²) in [6.07, 6.45) is 2.24. The van der Waals surface area contributed by atoms with Gasteiger partial charge in [0.2, 0.25) is 0 Å². The van der Waals surface area contributed by atoms with E-state index < -0.39 is 0 Å². The molecule has 0 amide bonds. The number of rotatable bonds is 6. The zero-order valence-electron chi connectivity index (χ0n) is 14.4. The van der Waals surface area contributed by atoms with Crippen LogP contribution in [0.25, 0.3) is 11.1 Å². The monoisotopic (exact) mass is 316 g/mol. The molecule has 0 aliphatic carbocycles. The summed E-state index contributed by atoms with van der Waals surface area (Å²) in [5, 5.41) is 0. The van der Waals surface area contributed by atoms with Gasteiger partial charge in [-0.3, -0.25) is 0 Å². The van der Waals surface area contributed by atoms with Gasteiger partial charge in [0.15, 0.2) is 0 Å². The normalized spacial score (nSPS) is 11.9. The third-order valence-electron chi connectivity index (χ3n) is 4.61. The molecule has 0 bridgehead atoms. The van der Waals surface area contributed by atoms with Gasteiger partial charge in [-0.15, -0.1) is 0 Å². The predicted molar refractivity (Wildman–Crippen MR) is 102 cm³/mol. The van der Waals surface area contributed by atoms with Gasteiger partial charge in [-0.25, -0.2) is 0 Å². The molecule has 3 rings (SSSR count). The molecule has 1 atom stereocenters. The molecule has 0 heterocycles. The summed E-state index contributed by atoms with van der Waals surface area (Å²) in [5.74, 6) is 1.47. The van der Waals surface area contributed by atoms with Crippen LogP contribution in [-0.2, 0) is 6.42 Å². The Kier molecular flexibility index (Phi) is 5.32. The van der Waals surface area contributed by atoms with Crippen LogP contribution in [0.2, 0.25) is 0 Å². The first kappa shape index (κ1) is 16.3. The summed E-state index contributed by atoms with van der Waals surface area (Å²) in [6, 6.07) is 27.9. The molecule has 24 heavy (non-hydrogen) atoms. The van der Waals surface area contributed by atoms with Crippen molar-refractivity contribution in [2.75, 3.05) is 7.11 Å². The number of aryl methyl sites for hydroxylation is 1. The lowest BCUT2D eigenvalue weighted by Crippen LogP contribution is -1.96. The van der Waals surface area contributed by atoms with Gasteiger partial charge in [0.1, 0.15) is 5.75 Å². The average molecular weight is 316 g/mol. The number of methoxy groups -OCH3 is 1. The molecule has 0 radical (unpaired) electrons. The smallest absolute Gasteiger partial charge is 0.118 e. The van der Waals surface area contributed by atoms with Crippen LogP contribution in [-0.4, -0.2) is 7.11 Å². The van der Waals surface area contributed by atoms with Crippen LogP contribution in [0, 0.1) is 0 Å². The van der Waals surface area contributed by atoms with Gasteiger partial charge in [0.25, 0.3) is 0 Å². The maximum Gasteiger partial charge on any atom is 0.118 e. The predicted octanol–water partition coefficient (Wildman–Crippen LogP) is 6.10. The van der Waals surface area contributed by atoms with Crippen LogP contribution in [0.15, 0.2) is 78.9 Å². The summed E-state index contributed by atoms with van der Waals surface area (Å²) >= 11 is 0. The van der Waals surface area contributed by atoms with Crippen molar-refractivity contribution in [3.05, 3.63) is 90.0 Å². The third kappa shape index (κ3) is 4.05. The summed E-state index contributed by atoms with van der Waals surface area (Å²) in [4.78, 5) is 0. The molecule has 0 aromatic heterocycles. The van der Waals surface area contributed by atoms with E-state index in [0.29, 0.717) is 5.92 Å². The van der Waals surface area contributed by atoms with Gasteiger partial charge >= 0.3 is 0 Å². The van der Waals surface area contributed by atoms with E-state index >= 15 is 0 Å². The zero-order chi connectivity index (χ0) is 16.8. The number of ether oxygens (including phenoxy) is 1. The molecule has 0 aliphatic heterocycles. The maximum atomic E-state index is 5.21. The fraction of sp³-hybridized carbons (Fsp3) is 0.217. The summed E-state index contributed by atoms with van der Waals surface area (Å²) in [6.45, 7) is 2.31. The Morgan fingerprint density at radius 1 is 0.750 bits per heavy atom. The summed E-state index contributed by atoms with van der Waals surface area (Å²) < 4.78 is 5.21. The van der Waals surface area contributed by atoms with Crippen molar-refractivity contribution in [2.24, 2.45) is 0 Å². The second-order valence-corrected chi connectivity index (χ2v) is 6.28. The minimum absolute atomic E-state index is 0.553. The summed E-state index contributed by atoms with van der Waals surface area (Å²) in [7, 11) is 1.70. The number of benzene rings is 3. The second kappa shape index (κ2) is 7.83. The van der Waals surface area contributed by atoms with Crippen molar-refractivity contribution >= 4 is 0 Å². The Hall–Kier alpha value is -2.54. The lowest BCUT2D eigenvalue weighted by molar-refractivity contribution is 0.414. The molecule has 1 nitrogen and oxygen atoms in total. The molecule has 3 aromatic carbocycles. The van der Waals surface area contributed by atoms with Crippen molar-refractivity contribution in [2.45, 2.75) is 25.7 Å². The van der Waals surface area contributed by atoms with Crippen molar-refractivity contribution in [1.29, 1.82) is 0 Å². The van der Waals surface area contributed by atoms with E-state index in [1.807, 2.05) is 12.1 Å². The minimum Gasteiger partial charge on any atom is -0.497 e. The van der Waals surface area contributed by atoms with Gasteiger partial charge in [0.05, 0.1) is 7.11 Å². The first-order chi connectivity index (χ1) is 11.8. The van der Waals surface area contributed by atoms with Gasteiger partial charge in [-0.1, -0.05) is 73.7 Å². The fourth-order valence-electron chi connectivity index (χ4n) is 2.98. The molecule has 0 saturated heterocycles. The van der Waals surface area contributed by atoms with Crippen molar-refractivity contribution < 1.29 is 4.74 Å². The maximum absolute atomic E-state index is 5.21. The molecule has 0 saturated carbocycles. The van der Waals surface area contributed by atoms with Gasteiger partial charge in [-0.2, -0.15) is 0 Å². The van der Waals surface area contributed by atoms with E-state index in [1.54, 1.807) is 7.11 Å². The Balaban J connectivity index is 1.61. The highest BCUT2D eigenvalue weighted by Gasteiger charge is 2.07. The quantitative estimate of drug-likeness (QED) is 0.534. The van der Waals surface area contributed by atoms with E-state index in [2.05, 4.69) is 73.7 Å². The molecule has 1 heteroatoms. The van der Waals surface area contributed by atoms with Crippen LogP contribution in [0.4, 0.5) is 0 Å². The highest BCUT2D eigenvalue weighted by atomic mass is 16.5. The first-order valence-corrected chi connectivity index (χ1v) is 8.54. The van der Waals surface area contributed by atoms with E-state index in [9.17, 15) is 0 Å². The average Bonchev–Trinajstić information content (AvgIpc) is 2.67. The highest BCUT2D eigenvalue weighted by molar-refractivity contribution is 5.63. The lowest BCUT2D eigenvalue weighted by atomic mass is 9.92. The zero-order valence-corrected chi connectivity index (χ0v) is 14.4. The van der Waals surface area contributed by atoms with Crippen molar-refractivity contribution in [3.63, 3.8) is 0 Å². The van der Waals surface area contributed by atoms with Crippen molar-refractivity contribution in [3.8, 4) is 16.9 Å². The fourth-order valence-corrected chi connectivity index (χ4v) is 2.98. The topological polar surface area (TPSA) is 9.23 Å². The molecule has 0 spiro atoms. The third-order valence-corrected chi connectivity index (χ3v) is 4.61. The molecule has 0 aliphatic rings. The second-order valence-electron chi connectivity index (χ2n) is 6.28. The van der Waals surface area contributed by atoms with E-state index in [1.165, 1.54) is 22.3 Å². The molecular formula is C23H24O. The molecule has 0 N–H and O–H groups in total. The summed E-state index contributed by atoms with van der Waals surface area (Å²) in [5.41, 5.74) is 5.32. The lowest BCUT2D eigenvalue weighted by Gasteiger charge is -2.13. The number of hydrogen-bond donors (Lipinski definition) is 0. The van der Waals surface area contributed by atoms with Crippen molar-refractivity contribution in [1.82, 2.24) is 0 Å². The Morgan fingerprint density at radius 3 is 2.00 bits per heavy atom. The van der Waals surface area contributed by atoms with Gasteiger partial charge in [-0.05, 0) is 53.1 Å². The standard InChI is InChI=1S/C23H24O/c1-18(8-9-19-10-16-23(24-2)17-11-19)20-12-14-22(15-13-20)21-6-4-3-5-7-21/h3-7,10-18H,8-9H2,1-2H3. The SMILES string of the molecule is COc1ccc(CCC(C)c2ccc(-c3ccccc3)cc2)cc1. The van der Waals surface area contributed by atoms with E-state index in [4.69, 9.17) is 4.74 Å². The van der Waals surface area contributed by atoms with Crippen LogP contribution in [0.1, 0.15) is 30.4 Å². The Labute approximate surface area is 144 Å². The largest absolute Gasteiger partial charge is 0.497 e. The Morgan fingerprint density at radius 2 is 1.38 bits per heavy atom. The molecular weight excluding hydrogens is 292 g/mol. The van der Waals surface area contributed by atoms with Crippen LogP contribution in [0.3, 0.4) is 0 Å². The van der Waals surface area contributed by atoms with E-state index in [-0.39, 0.29) is 0 Å². The minimum atomic E-state index is 0.553. The molecule has 0 fully saturated rings. The van der Waals surface area contributed by atoms with Crippen LogP contribution in [0.5, 0.6) is 5.75 Å².